The highest BCUT2D eigenvalue weighted by molar-refractivity contribution is 7.93. The summed E-state index contributed by atoms with van der Waals surface area (Å²) in [7, 11) is -2.18. The number of rotatable bonds is 11. The molecule has 1 atom stereocenters. The van der Waals surface area contributed by atoms with Gasteiger partial charge in [0.05, 0.1) is 43.7 Å². The van der Waals surface area contributed by atoms with Gasteiger partial charge in [-0.2, -0.15) is 8.78 Å². The molecule has 0 aliphatic rings. The molecule has 0 amide bonds. The number of anilines is 3. The number of halogens is 2. The largest absolute Gasteiger partial charge is 0.497 e. The van der Waals surface area contributed by atoms with Crippen molar-refractivity contribution in [3.8, 4) is 17.2 Å². The minimum Gasteiger partial charge on any atom is -0.497 e. The number of hydrogen-bond donors (Lipinski definition) is 3. The second-order valence-electron chi connectivity index (χ2n) is 7.13. The first-order valence-electron chi connectivity index (χ1n) is 10.0. The Morgan fingerprint density at radius 2 is 1.71 bits per heavy atom. The Balaban J connectivity index is 2.12. The van der Waals surface area contributed by atoms with Gasteiger partial charge in [0.15, 0.2) is 23.1 Å². The van der Waals surface area contributed by atoms with Crippen molar-refractivity contribution in [3.05, 3.63) is 36.4 Å². The number of alkyl halides is 2. The molecule has 0 aliphatic carbocycles. The van der Waals surface area contributed by atoms with Gasteiger partial charge in [0.25, 0.3) is 10.0 Å². The summed E-state index contributed by atoms with van der Waals surface area (Å²) in [5.74, 6) is -3.41. The van der Waals surface area contributed by atoms with Crippen molar-refractivity contribution in [2.75, 3.05) is 30.9 Å². The van der Waals surface area contributed by atoms with Crippen LogP contribution in [0.2, 0.25) is 0 Å². The van der Waals surface area contributed by atoms with Gasteiger partial charge in [-0.3, -0.25) is 4.72 Å². The molecule has 2 aromatic carbocycles. The van der Waals surface area contributed by atoms with Crippen LogP contribution in [0.1, 0.15) is 13.3 Å². The minimum atomic E-state index is -5.03. The van der Waals surface area contributed by atoms with Crippen LogP contribution in [0.15, 0.2) is 36.4 Å². The fourth-order valence-corrected chi connectivity index (χ4v) is 3.39. The molecule has 0 saturated carbocycles. The summed E-state index contributed by atoms with van der Waals surface area (Å²) < 4.78 is 68.1. The highest BCUT2D eigenvalue weighted by Crippen LogP contribution is 2.42. The molecule has 184 valence electrons. The predicted molar refractivity (Wildman–Crippen MR) is 123 cm³/mol. The summed E-state index contributed by atoms with van der Waals surface area (Å²) >= 11 is 0. The van der Waals surface area contributed by atoms with E-state index in [0.29, 0.717) is 17.7 Å². The summed E-state index contributed by atoms with van der Waals surface area (Å²) in [5, 5.41) is 12.4. The topological polar surface area (TPSA) is 132 Å². The number of sulfonamides is 1. The maximum Gasteiger partial charge on any atom is 0.355 e. The van der Waals surface area contributed by atoms with Crippen LogP contribution in [-0.4, -0.2) is 56.2 Å². The molecule has 1 unspecified atom stereocenters. The second kappa shape index (κ2) is 10.7. The van der Waals surface area contributed by atoms with Crippen LogP contribution in [0.4, 0.5) is 26.1 Å². The Kier molecular flexibility index (Phi) is 7.89. The summed E-state index contributed by atoms with van der Waals surface area (Å²) in [6.45, 7) is 1.74. The van der Waals surface area contributed by atoms with Crippen molar-refractivity contribution in [2.24, 2.45) is 0 Å². The first kappa shape index (κ1) is 25.2. The average Bonchev–Trinajstić information content (AvgIpc) is 2.79. The summed E-state index contributed by atoms with van der Waals surface area (Å²) in [4.78, 5) is 8.51. The van der Waals surface area contributed by atoms with Gasteiger partial charge in [0, 0.05) is 18.6 Å². The van der Waals surface area contributed by atoms with Crippen molar-refractivity contribution in [1.82, 2.24) is 9.97 Å². The van der Waals surface area contributed by atoms with Gasteiger partial charge in [0.2, 0.25) is 0 Å². The number of ether oxygens (including phenoxy) is 3. The van der Waals surface area contributed by atoms with Crippen LogP contribution in [0.5, 0.6) is 17.2 Å². The van der Waals surface area contributed by atoms with Crippen molar-refractivity contribution >= 4 is 38.4 Å². The van der Waals surface area contributed by atoms with Crippen LogP contribution in [-0.2, 0) is 10.0 Å². The molecule has 34 heavy (non-hydrogen) atoms. The lowest BCUT2D eigenvalue weighted by Crippen LogP contribution is -2.22. The number of fused-ring (bicyclic) bond motifs is 1. The van der Waals surface area contributed by atoms with E-state index in [1.54, 1.807) is 42.0 Å². The zero-order valence-electron chi connectivity index (χ0n) is 18.6. The predicted octanol–water partition coefficient (Wildman–Crippen LogP) is 3.50. The van der Waals surface area contributed by atoms with Crippen LogP contribution in [0.25, 0.3) is 11.0 Å². The van der Waals surface area contributed by atoms with Gasteiger partial charge >= 0.3 is 5.76 Å². The molecule has 0 aliphatic heterocycles. The van der Waals surface area contributed by atoms with E-state index in [0.717, 1.165) is 0 Å². The molecule has 0 fully saturated rings. The van der Waals surface area contributed by atoms with Gasteiger partial charge in [-0.15, -0.1) is 0 Å². The molecule has 0 saturated heterocycles. The smallest absolute Gasteiger partial charge is 0.355 e. The van der Waals surface area contributed by atoms with E-state index in [2.05, 4.69) is 15.3 Å². The number of aliphatic hydroxyl groups is 1. The number of aromatic nitrogens is 2. The van der Waals surface area contributed by atoms with E-state index >= 15 is 0 Å². The molecule has 3 N–H and O–H groups in total. The van der Waals surface area contributed by atoms with Crippen LogP contribution in [0, 0.1) is 0 Å². The number of hydrogen-bond acceptors (Lipinski definition) is 9. The highest BCUT2D eigenvalue weighted by atomic mass is 32.2. The number of para-hydroxylation sites is 2. The van der Waals surface area contributed by atoms with E-state index in [4.69, 9.17) is 14.2 Å². The lowest BCUT2D eigenvalue weighted by molar-refractivity contribution is 0.154. The third-order valence-electron chi connectivity index (χ3n) is 4.56. The standard InChI is InChI=1S/C21H24F2N4O6S/c1-12(28)8-9-33-18-16(10-13(31-2)11-17(18)32-3)26-19-20(27-34(29,30)21(22)23)25-15-7-5-4-6-14(15)24-19/h4-7,10-12,21,28H,8-9H2,1-3H3,(H,24,26)(H,25,27). The Bertz CT molecular complexity index is 1260. The monoisotopic (exact) mass is 498 g/mol. The Hall–Kier alpha value is -3.45. The molecule has 3 aromatic rings. The fourth-order valence-electron chi connectivity index (χ4n) is 2.88. The Morgan fingerprint density at radius 1 is 1.06 bits per heavy atom. The van der Waals surface area contributed by atoms with Crippen LogP contribution >= 0.6 is 0 Å². The molecule has 0 bridgehead atoms. The van der Waals surface area contributed by atoms with Gasteiger partial charge in [-0.25, -0.2) is 18.4 Å². The average molecular weight is 499 g/mol. The lowest BCUT2D eigenvalue weighted by Gasteiger charge is -2.19. The summed E-state index contributed by atoms with van der Waals surface area (Å²) in [5.41, 5.74) is 0.914. The lowest BCUT2D eigenvalue weighted by atomic mass is 10.2. The highest BCUT2D eigenvalue weighted by Gasteiger charge is 2.27. The zero-order valence-corrected chi connectivity index (χ0v) is 19.4. The molecule has 13 heteroatoms. The van der Waals surface area contributed by atoms with Crippen LogP contribution in [0.3, 0.4) is 0 Å². The SMILES string of the molecule is COc1cc(Nc2nc3ccccc3nc2NS(=O)(=O)C(F)F)c(OCCC(C)O)c(OC)c1. The Morgan fingerprint density at radius 3 is 2.26 bits per heavy atom. The maximum absolute atomic E-state index is 13.0. The first-order valence-corrected chi connectivity index (χ1v) is 11.6. The van der Waals surface area contributed by atoms with Crippen molar-refractivity contribution in [3.63, 3.8) is 0 Å². The second-order valence-corrected chi connectivity index (χ2v) is 8.79. The molecule has 10 nitrogen and oxygen atoms in total. The van der Waals surface area contributed by atoms with Gasteiger partial charge in [0.1, 0.15) is 5.75 Å². The van der Waals surface area contributed by atoms with Gasteiger partial charge in [-0.1, -0.05) is 12.1 Å². The van der Waals surface area contributed by atoms with Gasteiger partial charge in [-0.05, 0) is 19.1 Å². The van der Waals surface area contributed by atoms with Crippen molar-refractivity contribution in [1.29, 1.82) is 0 Å². The fraction of sp³-hybridized carbons (Fsp3) is 0.333. The van der Waals surface area contributed by atoms with Crippen molar-refractivity contribution < 1.29 is 36.5 Å². The summed E-state index contributed by atoms with van der Waals surface area (Å²) in [6, 6.07) is 9.63. The van der Waals surface area contributed by atoms with E-state index in [9.17, 15) is 22.3 Å². The molecular formula is C21H24F2N4O6S. The molecular weight excluding hydrogens is 474 g/mol. The molecule has 0 spiro atoms. The number of benzene rings is 2. The number of aliphatic hydroxyl groups excluding tert-OH is 1. The number of methoxy groups -OCH3 is 2. The molecule has 1 heterocycles. The zero-order chi connectivity index (χ0) is 24.9. The summed E-state index contributed by atoms with van der Waals surface area (Å²) in [6.07, 6.45) is -0.286. The quantitative estimate of drug-likeness (QED) is 0.363. The third-order valence-corrected chi connectivity index (χ3v) is 5.51. The minimum absolute atomic E-state index is 0.128. The number of nitrogens with one attached hydrogen (secondary N) is 2. The molecule has 3 rings (SSSR count). The molecule has 1 aromatic heterocycles. The normalized spacial score (nSPS) is 12.4. The van der Waals surface area contributed by atoms with Crippen LogP contribution < -0.4 is 24.2 Å². The third kappa shape index (κ3) is 5.91. The Labute approximate surface area is 194 Å². The van der Waals surface area contributed by atoms with Gasteiger partial charge < -0.3 is 24.6 Å². The van der Waals surface area contributed by atoms with E-state index in [-0.39, 0.29) is 35.1 Å². The van der Waals surface area contributed by atoms with Crippen molar-refractivity contribution in [2.45, 2.75) is 25.2 Å². The van der Waals surface area contributed by atoms with E-state index in [1.807, 2.05) is 0 Å². The maximum atomic E-state index is 13.0. The molecule has 0 radical (unpaired) electrons. The number of nitrogens with zero attached hydrogens (tertiary/aromatic N) is 2. The van der Waals surface area contributed by atoms with E-state index < -0.39 is 27.7 Å². The van der Waals surface area contributed by atoms with E-state index in [1.165, 1.54) is 20.3 Å². The first-order chi connectivity index (χ1) is 16.1.